The van der Waals surface area contributed by atoms with Crippen molar-refractivity contribution in [3.63, 3.8) is 0 Å². The zero-order valence-corrected chi connectivity index (χ0v) is 23.1. The Morgan fingerprint density at radius 2 is 1.79 bits per heavy atom. The van der Waals surface area contributed by atoms with E-state index in [9.17, 15) is 19.2 Å². The molecule has 0 aromatic heterocycles. The molecule has 10 heteroatoms. The molecule has 1 aliphatic heterocycles. The molecule has 5 amide bonds. The number of carbonyl (C=O) groups is 4. The van der Waals surface area contributed by atoms with Crippen LogP contribution in [0.4, 0.5) is 10.5 Å². The molecular weight excluding hydrogens is 502 g/mol. The van der Waals surface area contributed by atoms with E-state index < -0.39 is 36.0 Å². The first-order valence-electron chi connectivity index (χ1n) is 12.6. The number of urea groups is 1. The number of nitrogens with one attached hydrogen (secondary N) is 3. The van der Waals surface area contributed by atoms with Crippen molar-refractivity contribution < 1.29 is 19.2 Å². The molecule has 2 aromatic carbocycles. The summed E-state index contributed by atoms with van der Waals surface area (Å²) in [6, 6.07) is 13.6. The first kappa shape index (κ1) is 29.0. The third kappa shape index (κ3) is 8.24. The van der Waals surface area contributed by atoms with Crippen LogP contribution in [0.2, 0.25) is 0 Å². The Labute approximate surface area is 228 Å². The summed E-state index contributed by atoms with van der Waals surface area (Å²) in [5.41, 5.74) is 6.79. The van der Waals surface area contributed by atoms with Crippen LogP contribution in [0.25, 0.3) is 0 Å². The van der Waals surface area contributed by atoms with Gasteiger partial charge in [0.2, 0.25) is 17.7 Å². The van der Waals surface area contributed by atoms with E-state index in [4.69, 9.17) is 5.73 Å². The van der Waals surface area contributed by atoms with E-state index in [1.165, 1.54) is 4.90 Å². The van der Waals surface area contributed by atoms with Gasteiger partial charge in [-0.05, 0) is 41.9 Å². The molecule has 2 aromatic rings. The molecule has 1 aliphatic rings. The van der Waals surface area contributed by atoms with Crippen molar-refractivity contribution in [2.24, 2.45) is 11.1 Å². The number of benzene rings is 2. The van der Waals surface area contributed by atoms with E-state index in [-0.39, 0.29) is 24.2 Å². The minimum Gasteiger partial charge on any atom is -0.368 e. The molecule has 0 radical (unpaired) electrons. The van der Waals surface area contributed by atoms with E-state index in [0.29, 0.717) is 18.7 Å². The summed E-state index contributed by atoms with van der Waals surface area (Å²) in [6.07, 6.45) is 2.79. The highest BCUT2D eigenvalue weighted by Gasteiger charge is 2.44. The maximum atomic E-state index is 13.6. The van der Waals surface area contributed by atoms with Crippen LogP contribution in [-0.4, -0.2) is 59.6 Å². The molecule has 204 valence electrons. The number of nitrogens with zero attached hydrogens (tertiary/aromatic N) is 1. The van der Waals surface area contributed by atoms with E-state index in [0.717, 1.165) is 10.5 Å². The van der Waals surface area contributed by atoms with Gasteiger partial charge in [-0.1, -0.05) is 57.2 Å². The SMILES string of the molecule is CSc1cccc(NC(=O)NC2CCN(C(=O)CC(C)(C)C)C2C(=O)NC(Cc2ccccc2)C(N)=O)c1. The molecule has 0 bridgehead atoms. The van der Waals surface area contributed by atoms with Crippen molar-refractivity contribution in [3.05, 3.63) is 60.2 Å². The van der Waals surface area contributed by atoms with Crippen molar-refractivity contribution in [2.75, 3.05) is 18.1 Å². The Hall–Kier alpha value is -3.53. The largest absolute Gasteiger partial charge is 0.368 e. The highest BCUT2D eigenvalue weighted by atomic mass is 32.2. The number of likely N-dealkylation sites (tertiary alicyclic amines) is 1. The Morgan fingerprint density at radius 1 is 1.08 bits per heavy atom. The summed E-state index contributed by atoms with van der Waals surface area (Å²) in [5, 5.41) is 8.41. The highest BCUT2D eigenvalue weighted by Crippen LogP contribution is 2.26. The van der Waals surface area contributed by atoms with Gasteiger partial charge in [0.15, 0.2) is 0 Å². The van der Waals surface area contributed by atoms with E-state index in [1.54, 1.807) is 17.8 Å². The normalized spacial score (nSPS) is 17.9. The van der Waals surface area contributed by atoms with Gasteiger partial charge in [-0.15, -0.1) is 11.8 Å². The average molecular weight is 540 g/mol. The Balaban J connectivity index is 1.78. The smallest absolute Gasteiger partial charge is 0.319 e. The lowest BCUT2D eigenvalue weighted by Gasteiger charge is -2.31. The first-order chi connectivity index (χ1) is 18.0. The Kier molecular flexibility index (Phi) is 9.79. The summed E-state index contributed by atoms with van der Waals surface area (Å²) >= 11 is 1.56. The van der Waals surface area contributed by atoms with Crippen molar-refractivity contribution in [3.8, 4) is 0 Å². The number of carbonyl (C=O) groups excluding carboxylic acids is 4. The predicted molar refractivity (Wildman–Crippen MR) is 150 cm³/mol. The van der Waals surface area contributed by atoms with Crippen LogP contribution in [0.1, 0.15) is 39.2 Å². The number of nitrogens with two attached hydrogens (primary N) is 1. The second-order valence-corrected chi connectivity index (χ2v) is 11.5. The number of thioether (sulfide) groups is 1. The van der Waals surface area contributed by atoms with E-state index in [1.807, 2.05) is 75.6 Å². The molecule has 1 heterocycles. The summed E-state index contributed by atoms with van der Waals surface area (Å²) < 4.78 is 0. The van der Waals surface area contributed by atoms with Gasteiger partial charge in [0.1, 0.15) is 12.1 Å². The summed E-state index contributed by atoms with van der Waals surface area (Å²) in [7, 11) is 0. The number of rotatable bonds is 9. The summed E-state index contributed by atoms with van der Waals surface area (Å²) in [6.45, 7) is 6.15. The molecule has 0 aliphatic carbocycles. The second kappa shape index (κ2) is 12.8. The van der Waals surface area contributed by atoms with Gasteiger partial charge in [0, 0.05) is 30.0 Å². The fourth-order valence-electron chi connectivity index (χ4n) is 4.47. The molecule has 1 saturated heterocycles. The van der Waals surface area contributed by atoms with Gasteiger partial charge >= 0.3 is 6.03 Å². The van der Waals surface area contributed by atoms with Crippen molar-refractivity contribution in [1.29, 1.82) is 0 Å². The molecule has 3 unspecified atom stereocenters. The third-order valence-electron chi connectivity index (χ3n) is 6.26. The Bertz CT molecular complexity index is 1150. The predicted octanol–water partition coefficient (Wildman–Crippen LogP) is 3.15. The lowest BCUT2D eigenvalue weighted by atomic mass is 9.91. The minimum absolute atomic E-state index is 0.186. The monoisotopic (exact) mass is 539 g/mol. The molecule has 9 nitrogen and oxygen atoms in total. The van der Waals surface area contributed by atoms with Crippen LogP contribution in [0.5, 0.6) is 0 Å². The molecule has 0 spiro atoms. The van der Waals surface area contributed by atoms with Gasteiger partial charge in [-0.2, -0.15) is 0 Å². The van der Waals surface area contributed by atoms with Crippen LogP contribution in [0, 0.1) is 5.41 Å². The first-order valence-corrected chi connectivity index (χ1v) is 13.8. The van der Waals surface area contributed by atoms with Gasteiger partial charge in [0.25, 0.3) is 0 Å². The van der Waals surface area contributed by atoms with Crippen LogP contribution < -0.4 is 21.7 Å². The topological polar surface area (TPSA) is 134 Å². The molecular formula is C28H37N5O4S. The highest BCUT2D eigenvalue weighted by molar-refractivity contribution is 7.98. The summed E-state index contributed by atoms with van der Waals surface area (Å²) in [4.78, 5) is 54.4. The Morgan fingerprint density at radius 3 is 2.42 bits per heavy atom. The molecule has 1 fully saturated rings. The molecule has 0 saturated carbocycles. The summed E-state index contributed by atoms with van der Waals surface area (Å²) in [5.74, 6) is -1.39. The fourth-order valence-corrected chi connectivity index (χ4v) is 4.93. The molecule has 38 heavy (non-hydrogen) atoms. The molecule has 5 N–H and O–H groups in total. The van der Waals surface area contributed by atoms with Gasteiger partial charge in [-0.25, -0.2) is 4.79 Å². The third-order valence-corrected chi connectivity index (χ3v) is 6.98. The standard InChI is InChI=1S/C28H37N5O4S/c1-28(2,3)17-23(34)33-14-13-21(32-27(37)30-19-11-8-12-20(16-19)38-4)24(33)26(36)31-22(25(29)35)15-18-9-6-5-7-10-18/h5-12,16,21-22,24H,13-15,17H2,1-4H3,(H2,29,35)(H,31,36)(H2,30,32,37). The van der Waals surface area contributed by atoms with Crippen LogP contribution in [0.15, 0.2) is 59.5 Å². The van der Waals surface area contributed by atoms with E-state index in [2.05, 4.69) is 16.0 Å². The molecule has 3 atom stereocenters. The quantitative estimate of drug-likeness (QED) is 0.363. The maximum absolute atomic E-state index is 13.6. The van der Waals surface area contributed by atoms with Gasteiger partial charge < -0.3 is 26.6 Å². The number of hydrogen-bond acceptors (Lipinski definition) is 5. The average Bonchev–Trinajstić information content (AvgIpc) is 3.27. The second-order valence-electron chi connectivity index (χ2n) is 10.6. The number of primary amides is 1. The van der Waals surface area contributed by atoms with E-state index >= 15 is 0 Å². The van der Waals surface area contributed by atoms with Crippen LogP contribution in [0.3, 0.4) is 0 Å². The van der Waals surface area contributed by atoms with Crippen LogP contribution in [-0.2, 0) is 20.8 Å². The molecule has 3 rings (SSSR count). The number of amides is 5. The number of anilines is 1. The van der Waals surface area contributed by atoms with Crippen LogP contribution >= 0.6 is 11.8 Å². The van der Waals surface area contributed by atoms with Crippen molar-refractivity contribution >= 4 is 41.2 Å². The maximum Gasteiger partial charge on any atom is 0.319 e. The minimum atomic E-state index is -0.981. The lowest BCUT2D eigenvalue weighted by molar-refractivity contribution is -0.141. The zero-order valence-electron chi connectivity index (χ0n) is 22.3. The van der Waals surface area contributed by atoms with Gasteiger partial charge in [0.05, 0.1) is 6.04 Å². The lowest BCUT2D eigenvalue weighted by Crippen LogP contribution is -2.58. The zero-order chi connectivity index (χ0) is 27.9. The fraction of sp³-hybridized carbons (Fsp3) is 0.429. The number of hydrogen-bond donors (Lipinski definition) is 4. The van der Waals surface area contributed by atoms with Crippen molar-refractivity contribution in [1.82, 2.24) is 15.5 Å². The van der Waals surface area contributed by atoms with Gasteiger partial charge in [-0.3, -0.25) is 14.4 Å². The van der Waals surface area contributed by atoms with Crippen molar-refractivity contribution in [2.45, 2.75) is 63.1 Å².